The summed E-state index contributed by atoms with van der Waals surface area (Å²) in [5.41, 5.74) is 1.83. The third kappa shape index (κ3) is 4.41. The van der Waals surface area contributed by atoms with Crippen LogP contribution in [0.4, 0.5) is 17.6 Å². The predicted molar refractivity (Wildman–Crippen MR) is 102 cm³/mol. The molecule has 0 radical (unpaired) electrons. The molecule has 0 spiro atoms. The molecule has 1 saturated heterocycles. The zero-order chi connectivity index (χ0) is 18.5. The van der Waals surface area contributed by atoms with Crippen molar-refractivity contribution in [3.63, 3.8) is 0 Å². The van der Waals surface area contributed by atoms with E-state index in [1.807, 2.05) is 18.2 Å². The zero-order valence-corrected chi connectivity index (χ0v) is 15.1. The largest absolute Gasteiger partial charge is 0.467 e. The molecule has 3 aromatic rings. The Labute approximate surface area is 156 Å². The van der Waals surface area contributed by atoms with Gasteiger partial charge < -0.3 is 20.1 Å². The third-order valence-corrected chi connectivity index (χ3v) is 4.31. The molecule has 0 unspecified atom stereocenters. The van der Waals surface area contributed by atoms with Gasteiger partial charge >= 0.3 is 6.01 Å². The first-order valence-electron chi connectivity index (χ1n) is 8.84. The van der Waals surface area contributed by atoms with Gasteiger partial charge in [0, 0.05) is 37.3 Å². The van der Waals surface area contributed by atoms with Gasteiger partial charge in [-0.05, 0) is 18.2 Å². The van der Waals surface area contributed by atoms with Crippen LogP contribution in [0.25, 0.3) is 10.9 Å². The molecule has 27 heavy (non-hydrogen) atoms. The topological polar surface area (TPSA) is 113 Å². The molecule has 1 aliphatic heterocycles. The molecular formula is C17H22N8O2. The summed E-state index contributed by atoms with van der Waals surface area (Å²) in [6.07, 6.45) is 1.77. The number of benzene rings is 1. The van der Waals surface area contributed by atoms with Crippen molar-refractivity contribution in [2.75, 3.05) is 57.1 Å². The standard InChI is InChI=1S/C17H22N8O2/c1-26-17-22-15(18-4-5-25-6-8-27-9-7-25)21-16(23-17)20-13-2-3-14-12(10-13)11-19-24-14/h2-3,10-11H,4-9H2,1H3,(H,19,24)(H2,18,20,21,22,23). The zero-order valence-electron chi connectivity index (χ0n) is 15.1. The Morgan fingerprint density at radius 2 is 2.04 bits per heavy atom. The first kappa shape index (κ1) is 17.4. The number of methoxy groups -OCH3 is 1. The first-order chi connectivity index (χ1) is 13.3. The number of nitrogens with one attached hydrogen (secondary N) is 3. The van der Waals surface area contributed by atoms with Gasteiger partial charge in [-0.25, -0.2) is 0 Å². The summed E-state index contributed by atoms with van der Waals surface area (Å²) in [4.78, 5) is 15.3. The van der Waals surface area contributed by atoms with Crippen molar-refractivity contribution in [2.45, 2.75) is 0 Å². The fraction of sp³-hybridized carbons (Fsp3) is 0.412. The summed E-state index contributed by atoms with van der Waals surface area (Å²) in [5, 5.41) is 14.4. The maximum Gasteiger partial charge on any atom is 0.322 e. The number of rotatable bonds is 7. The van der Waals surface area contributed by atoms with Crippen LogP contribution in [0.3, 0.4) is 0 Å². The smallest absolute Gasteiger partial charge is 0.322 e. The van der Waals surface area contributed by atoms with Crippen LogP contribution in [-0.2, 0) is 4.74 Å². The van der Waals surface area contributed by atoms with Gasteiger partial charge in [0.15, 0.2) is 0 Å². The van der Waals surface area contributed by atoms with Crippen LogP contribution in [0, 0.1) is 0 Å². The minimum Gasteiger partial charge on any atom is -0.467 e. The molecule has 1 fully saturated rings. The van der Waals surface area contributed by atoms with Crippen molar-refractivity contribution in [3.8, 4) is 6.01 Å². The van der Waals surface area contributed by atoms with E-state index >= 15 is 0 Å². The number of aromatic nitrogens is 5. The van der Waals surface area contributed by atoms with Crippen LogP contribution in [-0.4, -0.2) is 76.6 Å². The van der Waals surface area contributed by atoms with Crippen LogP contribution in [0.2, 0.25) is 0 Å². The van der Waals surface area contributed by atoms with Gasteiger partial charge in [0.25, 0.3) is 0 Å². The number of aromatic amines is 1. The average Bonchev–Trinajstić information content (AvgIpc) is 3.16. The lowest BCUT2D eigenvalue weighted by molar-refractivity contribution is 0.0398. The predicted octanol–water partition coefficient (Wildman–Crippen LogP) is 1.24. The van der Waals surface area contributed by atoms with Crippen molar-refractivity contribution < 1.29 is 9.47 Å². The van der Waals surface area contributed by atoms with E-state index in [9.17, 15) is 0 Å². The lowest BCUT2D eigenvalue weighted by atomic mass is 10.2. The number of anilines is 3. The highest BCUT2D eigenvalue weighted by atomic mass is 16.5. The summed E-state index contributed by atoms with van der Waals surface area (Å²) >= 11 is 0. The van der Waals surface area contributed by atoms with E-state index in [1.165, 1.54) is 7.11 Å². The van der Waals surface area contributed by atoms with Crippen LogP contribution in [0.5, 0.6) is 6.01 Å². The maximum absolute atomic E-state index is 5.36. The molecule has 0 aliphatic carbocycles. The molecule has 2 aromatic heterocycles. The molecule has 4 rings (SSSR count). The molecular weight excluding hydrogens is 348 g/mol. The summed E-state index contributed by atoms with van der Waals surface area (Å²) in [5.74, 6) is 0.889. The van der Waals surface area contributed by atoms with Gasteiger partial charge in [0.1, 0.15) is 0 Å². The quantitative estimate of drug-likeness (QED) is 0.565. The molecule has 0 amide bonds. The minimum atomic E-state index is 0.255. The lowest BCUT2D eigenvalue weighted by Gasteiger charge is -2.26. The Bertz CT molecular complexity index is 894. The van der Waals surface area contributed by atoms with Gasteiger partial charge in [-0.15, -0.1) is 0 Å². The summed E-state index contributed by atoms with van der Waals surface area (Å²) in [6, 6.07) is 6.11. The first-order valence-corrected chi connectivity index (χ1v) is 8.84. The van der Waals surface area contributed by atoms with Crippen LogP contribution in [0.15, 0.2) is 24.4 Å². The van der Waals surface area contributed by atoms with Gasteiger partial charge in [-0.1, -0.05) is 0 Å². The van der Waals surface area contributed by atoms with Gasteiger partial charge in [-0.2, -0.15) is 20.1 Å². The van der Waals surface area contributed by atoms with Crippen molar-refractivity contribution >= 4 is 28.5 Å². The van der Waals surface area contributed by atoms with E-state index in [4.69, 9.17) is 9.47 Å². The molecule has 10 nitrogen and oxygen atoms in total. The lowest BCUT2D eigenvalue weighted by Crippen LogP contribution is -2.39. The average molecular weight is 370 g/mol. The summed E-state index contributed by atoms with van der Waals surface area (Å²) in [7, 11) is 1.54. The third-order valence-electron chi connectivity index (χ3n) is 4.31. The number of nitrogens with zero attached hydrogens (tertiary/aromatic N) is 5. The van der Waals surface area contributed by atoms with E-state index < -0.39 is 0 Å². The number of H-pyrrole nitrogens is 1. The Morgan fingerprint density at radius 3 is 2.89 bits per heavy atom. The van der Waals surface area contributed by atoms with E-state index in [0.717, 1.165) is 56.0 Å². The number of fused-ring (bicyclic) bond motifs is 1. The molecule has 0 saturated carbocycles. The monoisotopic (exact) mass is 370 g/mol. The van der Waals surface area contributed by atoms with Crippen LogP contribution >= 0.6 is 0 Å². The van der Waals surface area contributed by atoms with Crippen molar-refractivity contribution in [2.24, 2.45) is 0 Å². The van der Waals surface area contributed by atoms with Gasteiger partial charge in [-0.3, -0.25) is 10.00 Å². The van der Waals surface area contributed by atoms with E-state index in [-0.39, 0.29) is 6.01 Å². The highest BCUT2D eigenvalue weighted by Crippen LogP contribution is 2.20. The minimum absolute atomic E-state index is 0.255. The Hall–Kier alpha value is -2.98. The fourth-order valence-corrected chi connectivity index (χ4v) is 2.88. The highest BCUT2D eigenvalue weighted by molar-refractivity contribution is 5.82. The van der Waals surface area contributed by atoms with Crippen LogP contribution in [0.1, 0.15) is 0 Å². The Kier molecular flexibility index (Phi) is 5.26. The second-order valence-corrected chi connectivity index (χ2v) is 6.15. The molecule has 0 atom stereocenters. The molecule has 3 heterocycles. The summed E-state index contributed by atoms with van der Waals surface area (Å²) in [6.45, 7) is 5.10. The van der Waals surface area contributed by atoms with E-state index in [2.05, 4.69) is 40.7 Å². The molecule has 10 heteroatoms. The van der Waals surface area contributed by atoms with E-state index in [0.29, 0.717) is 11.9 Å². The van der Waals surface area contributed by atoms with Crippen molar-refractivity contribution in [1.82, 2.24) is 30.0 Å². The van der Waals surface area contributed by atoms with Crippen molar-refractivity contribution in [3.05, 3.63) is 24.4 Å². The number of ether oxygens (including phenoxy) is 2. The summed E-state index contributed by atoms with van der Waals surface area (Å²) < 4.78 is 10.6. The van der Waals surface area contributed by atoms with Crippen molar-refractivity contribution in [1.29, 1.82) is 0 Å². The van der Waals surface area contributed by atoms with Crippen LogP contribution < -0.4 is 15.4 Å². The molecule has 0 bridgehead atoms. The molecule has 3 N–H and O–H groups in total. The fourth-order valence-electron chi connectivity index (χ4n) is 2.88. The number of morpholine rings is 1. The number of hydrogen-bond acceptors (Lipinski definition) is 9. The second kappa shape index (κ2) is 8.14. The second-order valence-electron chi connectivity index (χ2n) is 6.15. The van der Waals surface area contributed by atoms with Gasteiger partial charge in [0.2, 0.25) is 11.9 Å². The Morgan fingerprint density at radius 1 is 1.19 bits per heavy atom. The van der Waals surface area contributed by atoms with E-state index in [1.54, 1.807) is 6.20 Å². The number of hydrogen-bond donors (Lipinski definition) is 3. The Balaban J connectivity index is 1.43. The maximum atomic E-state index is 5.36. The molecule has 1 aliphatic rings. The van der Waals surface area contributed by atoms with Gasteiger partial charge in [0.05, 0.1) is 32.0 Å². The normalized spacial score (nSPS) is 15.0. The highest BCUT2D eigenvalue weighted by Gasteiger charge is 2.11. The molecule has 1 aromatic carbocycles. The SMILES string of the molecule is COc1nc(NCCN2CCOCC2)nc(Nc2ccc3[nH]ncc3c2)n1. The molecule has 142 valence electrons.